The van der Waals surface area contributed by atoms with Gasteiger partial charge in [-0.15, -0.1) is 0 Å². The van der Waals surface area contributed by atoms with Crippen molar-refractivity contribution < 1.29 is 14.0 Å². The highest BCUT2D eigenvalue weighted by atomic mass is 16.5. The van der Waals surface area contributed by atoms with Gasteiger partial charge in [0.05, 0.1) is 27.2 Å². The summed E-state index contributed by atoms with van der Waals surface area (Å²) in [4.78, 5) is 11.4. The van der Waals surface area contributed by atoms with Gasteiger partial charge in [-0.3, -0.25) is 0 Å². The van der Waals surface area contributed by atoms with E-state index in [4.69, 9.17) is 4.74 Å². The third-order valence-electron chi connectivity index (χ3n) is 3.51. The standard InChI is InChI=1S/C9H16NO2/c1-10-4-3-7(6-10)5-8(10)9(11)12-2/h7-8H,3-6H2,1-2H3/q+1. The first-order valence-electron chi connectivity index (χ1n) is 4.58. The number of piperidine rings is 1. The molecule has 0 saturated carbocycles. The smallest absolute Gasteiger partial charge is 0.364 e. The lowest BCUT2D eigenvalue weighted by atomic mass is 10.00. The van der Waals surface area contributed by atoms with Gasteiger partial charge in [-0.25, -0.2) is 4.79 Å². The molecule has 3 atom stereocenters. The van der Waals surface area contributed by atoms with Gasteiger partial charge in [0, 0.05) is 18.8 Å². The molecule has 12 heavy (non-hydrogen) atoms. The lowest BCUT2D eigenvalue weighted by molar-refractivity contribution is -0.905. The largest absolute Gasteiger partial charge is 0.465 e. The zero-order valence-electron chi connectivity index (χ0n) is 7.75. The molecule has 0 aromatic rings. The molecule has 2 saturated heterocycles. The van der Waals surface area contributed by atoms with Crippen LogP contribution in [0.3, 0.4) is 0 Å². The number of likely N-dealkylation sites (N-methyl/N-ethyl adjacent to an activating group) is 1. The first-order valence-corrected chi connectivity index (χ1v) is 4.58. The summed E-state index contributed by atoms with van der Waals surface area (Å²) in [5.74, 6) is 0.763. The SMILES string of the molecule is COC(=O)C1CC2CC[N+]1(C)C2. The molecule has 2 heterocycles. The number of ether oxygens (including phenoxy) is 1. The summed E-state index contributed by atoms with van der Waals surface area (Å²) >= 11 is 0. The Morgan fingerprint density at radius 1 is 1.58 bits per heavy atom. The minimum absolute atomic E-state index is 0.0142. The van der Waals surface area contributed by atoms with Gasteiger partial charge in [-0.2, -0.15) is 0 Å². The summed E-state index contributed by atoms with van der Waals surface area (Å²) in [6.45, 7) is 2.34. The van der Waals surface area contributed by atoms with Crippen LogP contribution in [0.2, 0.25) is 0 Å². The van der Waals surface area contributed by atoms with Gasteiger partial charge in [0.25, 0.3) is 0 Å². The fraction of sp³-hybridized carbons (Fsp3) is 0.889. The fourth-order valence-electron chi connectivity index (χ4n) is 2.78. The molecule has 68 valence electrons. The second kappa shape index (κ2) is 2.46. The van der Waals surface area contributed by atoms with E-state index in [0.29, 0.717) is 0 Å². The minimum atomic E-state index is -0.0142. The van der Waals surface area contributed by atoms with Crippen LogP contribution in [0.15, 0.2) is 0 Å². The van der Waals surface area contributed by atoms with Crippen LogP contribution in [0.5, 0.6) is 0 Å². The van der Waals surface area contributed by atoms with Crippen LogP contribution in [0, 0.1) is 5.92 Å². The van der Waals surface area contributed by atoms with E-state index in [1.165, 1.54) is 20.1 Å². The quantitative estimate of drug-likeness (QED) is 0.420. The van der Waals surface area contributed by atoms with Crippen molar-refractivity contribution in [2.75, 3.05) is 27.2 Å². The molecule has 0 aromatic heterocycles. The summed E-state index contributed by atoms with van der Waals surface area (Å²) < 4.78 is 5.73. The molecule has 0 N–H and O–H groups in total. The highest BCUT2D eigenvalue weighted by Gasteiger charge is 2.53. The van der Waals surface area contributed by atoms with Crippen LogP contribution >= 0.6 is 0 Å². The molecule has 3 nitrogen and oxygen atoms in total. The number of fused-ring (bicyclic) bond motifs is 2. The highest BCUT2D eigenvalue weighted by Crippen LogP contribution is 2.38. The van der Waals surface area contributed by atoms with Crippen molar-refractivity contribution in [3.63, 3.8) is 0 Å². The molecule has 2 rings (SSSR count). The van der Waals surface area contributed by atoms with Gasteiger partial charge in [-0.1, -0.05) is 0 Å². The fourth-order valence-corrected chi connectivity index (χ4v) is 2.78. The average molecular weight is 170 g/mol. The van der Waals surface area contributed by atoms with Crippen LogP contribution in [-0.2, 0) is 9.53 Å². The van der Waals surface area contributed by atoms with E-state index in [2.05, 4.69) is 7.05 Å². The van der Waals surface area contributed by atoms with E-state index in [1.54, 1.807) is 0 Å². The second-order valence-electron chi connectivity index (χ2n) is 4.31. The van der Waals surface area contributed by atoms with Gasteiger partial charge in [0.2, 0.25) is 0 Å². The molecule has 0 aliphatic carbocycles. The van der Waals surface area contributed by atoms with Crippen molar-refractivity contribution in [1.29, 1.82) is 0 Å². The lowest BCUT2D eigenvalue weighted by Gasteiger charge is -2.32. The van der Waals surface area contributed by atoms with Crippen molar-refractivity contribution in [3.05, 3.63) is 0 Å². The van der Waals surface area contributed by atoms with E-state index >= 15 is 0 Å². The first kappa shape index (κ1) is 8.05. The zero-order chi connectivity index (χ0) is 8.77. The van der Waals surface area contributed by atoms with E-state index in [1.807, 2.05) is 0 Å². The molecule has 0 radical (unpaired) electrons. The topological polar surface area (TPSA) is 26.3 Å². The van der Waals surface area contributed by atoms with Crippen molar-refractivity contribution in [2.24, 2.45) is 5.92 Å². The Balaban J connectivity index is 2.14. The Bertz CT molecular complexity index is 217. The third kappa shape index (κ3) is 0.959. The van der Waals surface area contributed by atoms with E-state index in [-0.39, 0.29) is 12.0 Å². The summed E-state index contributed by atoms with van der Waals surface area (Å²) in [5.41, 5.74) is 0. The van der Waals surface area contributed by atoms with Gasteiger partial charge < -0.3 is 9.22 Å². The van der Waals surface area contributed by atoms with Crippen molar-refractivity contribution in [2.45, 2.75) is 18.9 Å². The van der Waals surface area contributed by atoms with Crippen molar-refractivity contribution in [1.82, 2.24) is 0 Å². The number of carbonyl (C=O) groups excluding carboxylic acids is 1. The lowest BCUT2D eigenvalue weighted by Crippen LogP contribution is -2.51. The summed E-state index contributed by atoms with van der Waals surface area (Å²) in [6, 6.07) is 0.133. The van der Waals surface area contributed by atoms with Crippen molar-refractivity contribution in [3.8, 4) is 0 Å². The predicted octanol–water partition coefficient (Wildman–Crippen LogP) is 0.398. The van der Waals surface area contributed by atoms with Gasteiger partial charge in [0.1, 0.15) is 0 Å². The maximum atomic E-state index is 11.4. The third-order valence-corrected chi connectivity index (χ3v) is 3.51. The van der Waals surface area contributed by atoms with Crippen LogP contribution in [0.25, 0.3) is 0 Å². The van der Waals surface area contributed by atoms with Gasteiger partial charge >= 0.3 is 5.97 Å². The molecule has 3 heteroatoms. The summed E-state index contributed by atoms with van der Waals surface area (Å²) in [6.07, 6.45) is 2.34. The average Bonchev–Trinajstić information content (AvgIpc) is 2.57. The molecule has 2 bridgehead atoms. The summed E-state index contributed by atoms with van der Waals surface area (Å²) in [5, 5.41) is 0. The molecule has 2 fully saturated rings. The van der Waals surface area contributed by atoms with E-state index in [9.17, 15) is 4.79 Å². The summed E-state index contributed by atoms with van der Waals surface area (Å²) in [7, 11) is 3.66. The minimum Gasteiger partial charge on any atom is -0.465 e. The number of carbonyl (C=O) groups is 1. The normalized spacial score (nSPS) is 44.8. The van der Waals surface area contributed by atoms with Gasteiger partial charge in [-0.05, 0) is 0 Å². The molecule has 2 aliphatic heterocycles. The van der Waals surface area contributed by atoms with Crippen LogP contribution in [0.1, 0.15) is 12.8 Å². The zero-order valence-corrected chi connectivity index (χ0v) is 7.75. The number of quaternary nitrogens is 1. The van der Waals surface area contributed by atoms with E-state index < -0.39 is 0 Å². The number of nitrogens with zero attached hydrogens (tertiary/aromatic N) is 1. The first-order chi connectivity index (χ1) is 5.65. The molecule has 2 aliphatic rings. The highest BCUT2D eigenvalue weighted by molar-refractivity contribution is 5.74. The monoisotopic (exact) mass is 170 g/mol. The number of methoxy groups -OCH3 is 1. The Hall–Kier alpha value is -0.570. The van der Waals surface area contributed by atoms with Crippen LogP contribution in [0.4, 0.5) is 0 Å². The molecular formula is C9H16NO2+. The Labute approximate surface area is 72.9 Å². The number of esters is 1. The maximum Gasteiger partial charge on any atom is 0.364 e. The molecular weight excluding hydrogens is 154 g/mol. The second-order valence-corrected chi connectivity index (χ2v) is 4.31. The van der Waals surface area contributed by atoms with Crippen LogP contribution < -0.4 is 0 Å². The molecule has 0 amide bonds. The van der Waals surface area contributed by atoms with Crippen molar-refractivity contribution >= 4 is 5.97 Å². The van der Waals surface area contributed by atoms with E-state index in [0.717, 1.165) is 23.4 Å². The Kier molecular flexibility index (Phi) is 1.65. The van der Waals surface area contributed by atoms with Gasteiger partial charge in [0.15, 0.2) is 6.04 Å². The Morgan fingerprint density at radius 2 is 2.33 bits per heavy atom. The molecule has 0 aromatic carbocycles. The predicted molar refractivity (Wildman–Crippen MR) is 44.4 cm³/mol. The molecule has 3 unspecified atom stereocenters. The van der Waals surface area contributed by atoms with Crippen LogP contribution in [-0.4, -0.2) is 43.7 Å². The number of hydrogen-bond acceptors (Lipinski definition) is 2. The maximum absolute atomic E-state index is 11.4. The number of hydrogen-bond donors (Lipinski definition) is 0. The number of rotatable bonds is 1. The Morgan fingerprint density at radius 3 is 2.75 bits per heavy atom. The molecule has 0 spiro atoms.